The van der Waals surface area contributed by atoms with Crippen molar-refractivity contribution < 1.29 is 4.39 Å². The van der Waals surface area contributed by atoms with E-state index in [1.165, 1.54) is 6.07 Å². The minimum absolute atomic E-state index is 0.272. The Hall–Kier alpha value is -0.0800. The molecule has 0 amide bonds. The molecule has 0 heterocycles. The first-order valence-corrected chi connectivity index (χ1v) is 6.51. The second kappa shape index (κ2) is 6.49. The van der Waals surface area contributed by atoms with Gasteiger partial charge in [-0.15, -0.1) is 0 Å². The van der Waals surface area contributed by atoms with Gasteiger partial charge in [0.25, 0.3) is 0 Å². The summed E-state index contributed by atoms with van der Waals surface area (Å²) < 4.78 is 13.1. The standard InChI is InChI=1S/C12H15BrClF/c1-2-4-10(13)8-7-9-5-3-6-11(15)12(9)14/h3,5-6,10H,2,4,7-8H2,1H3. The number of halogens is 3. The lowest BCUT2D eigenvalue weighted by atomic mass is 10.1. The minimum Gasteiger partial charge on any atom is -0.205 e. The molecule has 1 atom stereocenters. The highest BCUT2D eigenvalue weighted by molar-refractivity contribution is 9.09. The molecule has 0 aliphatic heterocycles. The maximum atomic E-state index is 13.1. The summed E-state index contributed by atoms with van der Waals surface area (Å²) in [5, 5.41) is 0.272. The van der Waals surface area contributed by atoms with E-state index in [0.29, 0.717) is 4.83 Å². The fourth-order valence-electron chi connectivity index (χ4n) is 1.51. The molecule has 1 aromatic rings. The molecule has 1 rings (SSSR count). The number of hydrogen-bond acceptors (Lipinski definition) is 0. The largest absolute Gasteiger partial charge is 0.205 e. The SMILES string of the molecule is CCCC(Br)CCc1cccc(F)c1Cl. The average molecular weight is 294 g/mol. The maximum absolute atomic E-state index is 13.1. The molecule has 3 heteroatoms. The predicted octanol–water partition coefficient (Wildman–Crippen LogP) is 4.98. The fourth-order valence-corrected chi connectivity index (χ4v) is 2.42. The molecular weight excluding hydrogens is 278 g/mol. The number of benzene rings is 1. The Morgan fingerprint density at radius 3 is 2.80 bits per heavy atom. The third-order valence-electron chi connectivity index (χ3n) is 2.36. The summed E-state index contributed by atoms with van der Waals surface area (Å²) in [4.78, 5) is 0.502. The van der Waals surface area contributed by atoms with E-state index in [4.69, 9.17) is 11.6 Å². The zero-order chi connectivity index (χ0) is 11.3. The Morgan fingerprint density at radius 2 is 2.13 bits per heavy atom. The Labute approximate surface area is 104 Å². The van der Waals surface area contributed by atoms with Gasteiger partial charge in [-0.05, 0) is 30.9 Å². The van der Waals surface area contributed by atoms with Gasteiger partial charge >= 0.3 is 0 Å². The van der Waals surface area contributed by atoms with Crippen molar-refractivity contribution in [1.82, 2.24) is 0 Å². The molecule has 1 aromatic carbocycles. The lowest BCUT2D eigenvalue weighted by Gasteiger charge is -2.09. The molecule has 0 radical (unpaired) electrons. The first-order valence-electron chi connectivity index (χ1n) is 5.22. The Kier molecular flexibility index (Phi) is 5.62. The van der Waals surface area contributed by atoms with Gasteiger partial charge in [0.15, 0.2) is 0 Å². The van der Waals surface area contributed by atoms with Gasteiger partial charge in [-0.25, -0.2) is 4.39 Å². The van der Waals surface area contributed by atoms with Gasteiger partial charge in [0.05, 0.1) is 5.02 Å². The zero-order valence-corrected chi connectivity index (χ0v) is 11.1. The van der Waals surface area contributed by atoms with Crippen molar-refractivity contribution in [3.05, 3.63) is 34.6 Å². The Balaban J connectivity index is 2.54. The summed E-state index contributed by atoms with van der Waals surface area (Å²) in [7, 11) is 0. The van der Waals surface area contributed by atoms with Crippen molar-refractivity contribution in [2.75, 3.05) is 0 Å². The number of rotatable bonds is 5. The van der Waals surface area contributed by atoms with Gasteiger partial charge in [-0.2, -0.15) is 0 Å². The van der Waals surface area contributed by atoms with Crippen molar-refractivity contribution in [3.63, 3.8) is 0 Å². The van der Waals surface area contributed by atoms with E-state index in [1.807, 2.05) is 6.07 Å². The molecule has 0 aliphatic carbocycles. The van der Waals surface area contributed by atoms with Crippen LogP contribution in [0.4, 0.5) is 4.39 Å². The Bertz CT molecular complexity index is 314. The van der Waals surface area contributed by atoms with Crippen LogP contribution in [0.1, 0.15) is 31.7 Å². The topological polar surface area (TPSA) is 0 Å². The van der Waals surface area contributed by atoms with E-state index >= 15 is 0 Å². The molecule has 0 aromatic heterocycles. The minimum atomic E-state index is -0.323. The smallest absolute Gasteiger partial charge is 0.142 e. The third kappa shape index (κ3) is 4.12. The first kappa shape index (κ1) is 13.0. The molecule has 0 saturated carbocycles. The molecule has 15 heavy (non-hydrogen) atoms. The normalized spacial score (nSPS) is 12.8. The van der Waals surface area contributed by atoms with Crippen LogP contribution in [0, 0.1) is 5.82 Å². The van der Waals surface area contributed by atoms with Crippen molar-refractivity contribution in [2.45, 2.75) is 37.4 Å². The van der Waals surface area contributed by atoms with Crippen LogP contribution in [0.2, 0.25) is 5.02 Å². The molecular formula is C12H15BrClF. The molecule has 0 N–H and O–H groups in total. The average Bonchev–Trinajstić information content (AvgIpc) is 2.21. The van der Waals surface area contributed by atoms with E-state index in [9.17, 15) is 4.39 Å². The third-order valence-corrected chi connectivity index (χ3v) is 3.70. The molecule has 84 valence electrons. The summed E-state index contributed by atoms with van der Waals surface area (Å²) in [6, 6.07) is 4.99. The monoisotopic (exact) mass is 292 g/mol. The van der Waals surface area contributed by atoms with Crippen LogP contribution < -0.4 is 0 Å². The Morgan fingerprint density at radius 1 is 1.40 bits per heavy atom. The summed E-state index contributed by atoms with van der Waals surface area (Å²) in [5.74, 6) is -0.323. The van der Waals surface area contributed by atoms with E-state index in [0.717, 1.165) is 31.2 Å². The molecule has 0 aliphatic rings. The van der Waals surface area contributed by atoms with Crippen molar-refractivity contribution in [1.29, 1.82) is 0 Å². The maximum Gasteiger partial charge on any atom is 0.142 e. The molecule has 0 fully saturated rings. The van der Waals surface area contributed by atoms with Crippen LogP contribution >= 0.6 is 27.5 Å². The number of aryl methyl sites for hydroxylation is 1. The van der Waals surface area contributed by atoms with Crippen LogP contribution in [0.25, 0.3) is 0 Å². The highest BCUT2D eigenvalue weighted by Crippen LogP contribution is 2.23. The summed E-state index contributed by atoms with van der Waals surface area (Å²) >= 11 is 9.47. The van der Waals surface area contributed by atoms with Crippen molar-refractivity contribution >= 4 is 27.5 Å². The molecule has 0 saturated heterocycles. The summed E-state index contributed by atoms with van der Waals surface area (Å²) in [5.41, 5.74) is 0.900. The van der Waals surface area contributed by atoms with Crippen LogP contribution in [-0.2, 0) is 6.42 Å². The molecule has 0 spiro atoms. The van der Waals surface area contributed by atoms with Crippen molar-refractivity contribution in [2.24, 2.45) is 0 Å². The fraction of sp³-hybridized carbons (Fsp3) is 0.500. The molecule has 0 bridgehead atoms. The van der Waals surface area contributed by atoms with Crippen molar-refractivity contribution in [3.8, 4) is 0 Å². The van der Waals surface area contributed by atoms with Gasteiger partial charge in [0.1, 0.15) is 5.82 Å². The van der Waals surface area contributed by atoms with E-state index in [2.05, 4.69) is 22.9 Å². The van der Waals surface area contributed by atoms with Crippen LogP contribution in [0.15, 0.2) is 18.2 Å². The summed E-state index contributed by atoms with van der Waals surface area (Å²) in [6.45, 7) is 2.16. The van der Waals surface area contributed by atoms with E-state index in [-0.39, 0.29) is 10.8 Å². The second-order valence-electron chi connectivity index (χ2n) is 3.64. The van der Waals surface area contributed by atoms with Gasteiger partial charge in [-0.1, -0.05) is 53.0 Å². The van der Waals surface area contributed by atoms with Gasteiger partial charge in [0, 0.05) is 4.83 Å². The number of hydrogen-bond donors (Lipinski definition) is 0. The highest BCUT2D eigenvalue weighted by Gasteiger charge is 2.08. The van der Waals surface area contributed by atoms with Crippen LogP contribution in [-0.4, -0.2) is 4.83 Å². The molecule has 0 nitrogen and oxygen atoms in total. The van der Waals surface area contributed by atoms with E-state index in [1.54, 1.807) is 6.07 Å². The predicted molar refractivity (Wildman–Crippen MR) is 67.4 cm³/mol. The van der Waals surface area contributed by atoms with E-state index < -0.39 is 0 Å². The quantitative estimate of drug-likeness (QED) is 0.672. The lowest BCUT2D eigenvalue weighted by molar-refractivity contribution is 0.623. The van der Waals surface area contributed by atoms with Crippen LogP contribution in [0.5, 0.6) is 0 Å². The van der Waals surface area contributed by atoms with Crippen LogP contribution in [0.3, 0.4) is 0 Å². The zero-order valence-electron chi connectivity index (χ0n) is 8.77. The highest BCUT2D eigenvalue weighted by atomic mass is 79.9. The van der Waals surface area contributed by atoms with Gasteiger partial charge in [0.2, 0.25) is 0 Å². The summed E-state index contributed by atoms with van der Waals surface area (Å²) in [6.07, 6.45) is 4.13. The first-order chi connectivity index (χ1) is 7.15. The second-order valence-corrected chi connectivity index (χ2v) is 5.31. The molecule has 1 unspecified atom stereocenters. The van der Waals surface area contributed by atoms with Gasteiger partial charge in [-0.3, -0.25) is 0 Å². The van der Waals surface area contributed by atoms with Gasteiger partial charge < -0.3 is 0 Å². The lowest BCUT2D eigenvalue weighted by Crippen LogP contribution is -2.00. The number of alkyl halides is 1.